The summed E-state index contributed by atoms with van der Waals surface area (Å²) in [6.07, 6.45) is 8.69. The second-order valence-electron chi connectivity index (χ2n) is 11.7. The van der Waals surface area contributed by atoms with Gasteiger partial charge in [-0.05, 0) is 20.8 Å². The zero-order valence-electron chi connectivity index (χ0n) is 26.2. The van der Waals surface area contributed by atoms with E-state index in [-0.39, 0.29) is 0 Å². The minimum Gasteiger partial charge on any atom is -0.812 e. The Morgan fingerprint density at radius 2 is 0.795 bits per heavy atom. The summed E-state index contributed by atoms with van der Waals surface area (Å²) in [5.41, 5.74) is -12.4. The van der Waals surface area contributed by atoms with Crippen LogP contribution in [0.2, 0.25) is 0 Å². The summed E-state index contributed by atoms with van der Waals surface area (Å²) < 4.78 is 113. The van der Waals surface area contributed by atoms with Gasteiger partial charge in [-0.15, -0.1) is 11.8 Å². The Balaban J connectivity index is 0. The van der Waals surface area contributed by atoms with Crippen LogP contribution in [0.4, 0.5) is 26.3 Å². The Bertz CT molecular complexity index is 984. The molecule has 0 atom stereocenters. The van der Waals surface area contributed by atoms with Crippen LogP contribution < -0.4 is 9.79 Å². The summed E-state index contributed by atoms with van der Waals surface area (Å²) in [6, 6.07) is 0. The van der Waals surface area contributed by atoms with Gasteiger partial charge in [-0.25, -0.2) is 16.8 Å². The van der Waals surface area contributed by atoms with Crippen LogP contribution in [0.5, 0.6) is 0 Å². The van der Waals surface area contributed by atoms with Crippen molar-refractivity contribution >= 4 is 38.6 Å². The SMILES string of the molecule is CC[N+]1(C)CCCC1.CC[N+]1(C)CCCC1.CC[N+]1(C)CCCC1.O=S(=O)([N-]S(=O)(=O)C(F)(F)F)C(F)(F)F.[O-]P([O-])(O)=S. The average molecular weight is 735 g/mol. The van der Waals surface area contributed by atoms with E-state index < -0.39 is 37.8 Å². The van der Waals surface area contributed by atoms with E-state index in [9.17, 15) is 43.2 Å². The summed E-state index contributed by atoms with van der Waals surface area (Å²) in [6.45, 7) is 15.0. The quantitative estimate of drug-likeness (QED) is 0.258. The molecule has 0 bridgehead atoms. The highest BCUT2D eigenvalue weighted by atomic mass is 32.5. The Morgan fingerprint density at radius 1 is 0.636 bits per heavy atom. The van der Waals surface area contributed by atoms with E-state index in [0.717, 1.165) is 4.13 Å². The minimum atomic E-state index is -6.72. The summed E-state index contributed by atoms with van der Waals surface area (Å²) in [4.78, 5) is 25.4. The third-order valence-corrected chi connectivity index (χ3v) is 10.7. The Hall–Kier alpha value is -0.150. The van der Waals surface area contributed by atoms with Gasteiger partial charge in [0, 0.05) is 38.5 Å². The van der Waals surface area contributed by atoms with Gasteiger partial charge in [-0.3, -0.25) is 0 Å². The van der Waals surface area contributed by atoms with Crippen molar-refractivity contribution in [1.29, 1.82) is 0 Å². The molecule has 21 heteroatoms. The zero-order chi connectivity index (χ0) is 35.3. The molecular formula is C23H49F6N4O7PS3. The lowest BCUT2D eigenvalue weighted by molar-refractivity contribution is -0.895. The summed E-state index contributed by atoms with van der Waals surface area (Å²) in [5.74, 6) is 0. The fourth-order valence-electron chi connectivity index (χ4n) is 4.46. The van der Waals surface area contributed by atoms with E-state index in [1.165, 1.54) is 111 Å². The highest BCUT2D eigenvalue weighted by Gasteiger charge is 2.47. The lowest BCUT2D eigenvalue weighted by Crippen LogP contribution is -2.40. The first kappa shape index (κ1) is 46.0. The van der Waals surface area contributed by atoms with E-state index in [1.54, 1.807) is 0 Å². The first-order chi connectivity index (χ1) is 19.5. The van der Waals surface area contributed by atoms with Crippen molar-refractivity contribution in [2.24, 2.45) is 0 Å². The van der Waals surface area contributed by atoms with Gasteiger partial charge in [-0.1, -0.05) is 6.72 Å². The number of sulfonamides is 2. The Labute approximate surface area is 264 Å². The number of nitrogens with zero attached hydrogens (tertiary/aromatic N) is 4. The number of likely N-dealkylation sites (tertiary alicyclic amines) is 3. The molecule has 1 N–H and O–H groups in total. The lowest BCUT2D eigenvalue weighted by atomic mass is 10.4. The van der Waals surface area contributed by atoms with Crippen LogP contribution >= 0.6 is 6.72 Å². The molecule has 0 aromatic carbocycles. The zero-order valence-corrected chi connectivity index (χ0v) is 29.6. The van der Waals surface area contributed by atoms with Gasteiger partial charge < -0.3 is 32.3 Å². The topological polar surface area (TPSA) is 149 Å². The van der Waals surface area contributed by atoms with Crippen molar-refractivity contribution in [1.82, 2.24) is 0 Å². The third-order valence-electron chi connectivity index (χ3n) is 8.01. The van der Waals surface area contributed by atoms with E-state index in [4.69, 9.17) is 14.7 Å². The molecule has 3 saturated heterocycles. The maximum atomic E-state index is 11.4. The van der Waals surface area contributed by atoms with Gasteiger partial charge in [0.2, 0.25) is 0 Å². The minimum absolute atomic E-state index is 0.778. The van der Waals surface area contributed by atoms with E-state index in [2.05, 4.69) is 53.7 Å². The van der Waals surface area contributed by atoms with Crippen LogP contribution in [0.25, 0.3) is 4.13 Å². The molecule has 44 heavy (non-hydrogen) atoms. The normalized spacial score (nSPS) is 20.9. The third kappa shape index (κ3) is 19.5. The van der Waals surface area contributed by atoms with E-state index >= 15 is 0 Å². The fraction of sp³-hybridized carbons (Fsp3) is 1.00. The van der Waals surface area contributed by atoms with Crippen molar-refractivity contribution in [3.63, 3.8) is 0 Å². The molecule has 0 spiro atoms. The molecule has 0 saturated carbocycles. The molecule has 0 amide bonds. The maximum absolute atomic E-state index is 11.4. The van der Waals surface area contributed by atoms with Gasteiger partial charge in [-0.2, -0.15) is 26.3 Å². The first-order valence-electron chi connectivity index (χ1n) is 14.1. The Morgan fingerprint density at radius 3 is 0.886 bits per heavy atom. The molecule has 0 radical (unpaired) electrons. The van der Waals surface area contributed by atoms with Gasteiger partial charge in [0.1, 0.15) is 0 Å². The van der Waals surface area contributed by atoms with Crippen LogP contribution in [-0.2, 0) is 31.9 Å². The molecule has 268 valence electrons. The number of hydrogen-bond acceptors (Lipinski definition) is 7. The molecule has 3 heterocycles. The highest BCUT2D eigenvalue weighted by molar-refractivity contribution is 8.13. The number of halogens is 6. The second kappa shape index (κ2) is 18.4. The molecule has 3 fully saturated rings. The summed E-state index contributed by atoms with van der Waals surface area (Å²) >= 11 is 3.38. The van der Waals surface area contributed by atoms with Crippen LogP contribution in [0.15, 0.2) is 0 Å². The van der Waals surface area contributed by atoms with Crippen molar-refractivity contribution in [2.75, 3.05) is 80.0 Å². The smallest absolute Gasteiger partial charge is 0.480 e. The fourth-order valence-corrected chi connectivity index (χ4v) is 6.17. The molecular weight excluding hydrogens is 685 g/mol. The first-order valence-corrected chi connectivity index (χ1v) is 19.6. The number of rotatable bonds is 5. The molecule has 3 aliphatic rings. The molecule has 0 unspecified atom stereocenters. The molecule has 3 aliphatic heterocycles. The van der Waals surface area contributed by atoms with Crippen LogP contribution in [0.3, 0.4) is 0 Å². The van der Waals surface area contributed by atoms with Crippen LogP contribution in [0.1, 0.15) is 59.3 Å². The van der Waals surface area contributed by atoms with Gasteiger partial charge in [0.05, 0.1) is 80.0 Å². The summed E-state index contributed by atoms with van der Waals surface area (Å²) in [7, 11) is -6.38. The largest absolute Gasteiger partial charge is 0.812 e. The van der Waals surface area contributed by atoms with Crippen molar-refractivity contribution in [3.8, 4) is 0 Å². The number of alkyl halides is 6. The van der Waals surface area contributed by atoms with Crippen molar-refractivity contribution in [2.45, 2.75) is 70.3 Å². The van der Waals surface area contributed by atoms with Crippen LogP contribution in [0, 0.1) is 0 Å². The summed E-state index contributed by atoms with van der Waals surface area (Å²) in [5, 5.41) is 0. The molecule has 11 nitrogen and oxygen atoms in total. The van der Waals surface area contributed by atoms with Crippen LogP contribution in [-0.4, -0.2) is 126 Å². The maximum Gasteiger partial charge on any atom is 0.480 e. The van der Waals surface area contributed by atoms with Gasteiger partial charge in [0.15, 0.2) is 20.0 Å². The van der Waals surface area contributed by atoms with Crippen molar-refractivity contribution in [3.05, 3.63) is 4.13 Å². The van der Waals surface area contributed by atoms with Gasteiger partial charge in [0.25, 0.3) is 0 Å². The average Bonchev–Trinajstić information content (AvgIpc) is 3.60. The highest BCUT2D eigenvalue weighted by Crippen LogP contribution is 2.36. The van der Waals surface area contributed by atoms with E-state index in [0.29, 0.717) is 0 Å². The molecule has 3 rings (SSSR count). The lowest BCUT2D eigenvalue weighted by Gasteiger charge is -2.26. The number of hydrogen-bond donors (Lipinski definition) is 1. The predicted octanol–water partition coefficient (Wildman–Crippen LogP) is 2.72. The predicted molar refractivity (Wildman–Crippen MR) is 157 cm³/mol. The van der Waals surface area contributed by atoms with Crippen molar-refractivity contribution < 1.29 is 71.3 Å². The molecule has 0 aliphatic carbocycles. The standard InChI is InChI=1S/3C7H16N.C2F6NO4S2.H3O3PS/c3*1-3-8(2)6-4-5-7-8;3-1(4,5)14(10,11)9-15(12,13)2(6,7)8;1-4(2,3)5/h3*3-7H2,1-2H3;;(H3,1,2,3,5)/q3*+1;-1;/p-2. The van der Waals surface area contributed by atoms with E-state index in [1.807, 2.05) is 0 Å². The molecule has 0 aromatic rings. The van der Waals surface area contributed by atoms with Gasteiger partial charge >= 0.3 is 11.0 Å². The number of quaternary nitrogens is 3. The molecule has 0 aromatic heterocycles. The monoisotopic (exact) mass is 734 g/mol. The Kier molecular flexibility index (Phi) is 19.2. The second-order valence-corrected chi connectivity index (χ2v) is 17.4.